The Balaban J connectivity index is 1.27. The van der Waals surface area contributed by atoms with Crippen LogP contribution < -0.4 is 0 Å². The molecule has 3 aliphatic rings. The van der Waals surface area contributed by atoms with Crippen LogP contribution in [0.15, 0.2) is 153 Å². The Morgan fingerprint density at radius 2 is 1.27 bits per heavy atom. The van der Waals surface area contributed by atoms with Gasteiger partial charge in [-0.2, -0.15) is 0 Å². The van der Waals surface area contributed by atoms with Gasteiger partial charge in [-0.15, -0.1) is 0 Å². The van der Waals surface area contributed by atoms with Gasteiger partial charge in [-0.3, -0.25) is 9.98 Å². The van der Waals surface area contributed by atoms with Crippen molar-refractivity contribution in [3.63, 3.8) is 0 Å². The van der Waals surface area contributed by atoms with E-state index < -0.39 is 5.41 Å². The van der Waals surface area contributed by atoms with Crippen LogP contribution in [-0.2, 0) is 5.41 Å². The van der Waals surface area contributed by atoms with Crippen LogP contribution in [0.4, 0.5) is 0 Å². The van der Waals surface area contributed by atoms with Crippen LogP contribution in [0.5, 0.6) is 0 Å². The molecule has 2 unspecified atom stereocenters. The Kier molecular flexibility index (Phi) is 7.24. The monoisotopic (exact) mass is 651 g/mol. The van der Waals surface area contributed by atoms with E-state index in [0.717, 1.165) is 46.9 Å². The Morgan fingerprint density at radius 3 is 2.00 bits per heavy atom. The van der Waals surface area contributed by atoms with E-state index in [2.05, 4.69) is 147 Å². The molecule has 0 N–H and O–H groups in total. The van der Waals surface area contributed by atoms with Gasteiger partial charge >= 0.3 is 0 Å². The molecule has 2 aliphatic heterocycles. The number of amidine groups is 1. The molecular formula is C45H37N3S. The first-order valence-corrected chi connectivity index (χ1v) is 18.1. The molecule has 2 atom stereocenters. The van der Waals surface area contributed by atoms with Crippen molar-refractivity contribution in [2.45, 2.75) is 54.9 Å². The van der Waals surface area contributed by atoms with Gasteiger partial charge in [0.2, 0.25) is 0 Å². The van der Waals surface area contributed by atoms with Gasteiger partial charge in [-0.1, -0.05) is 128 Å². The number of aromatic nitrogens is 1. The molecule has 0 amide bonds. The summed E-state index contributed by atoms with van der Waals surface area (Å²) in [6.07, 6.45) is 1.85. The minimum Gasteiger partial charge on any atom is -0.258 e. The van der Waals surface area contributed by atoms with Gasteiger partial charge in [0.25, 0.3) is 0 Å². The van der Waals surface area contributed by atoms with Crippen LogP contribution in [-0.4, -0.2) is 16.5 Å². The molecule has 0 saturated carbocycles. The maximum absolute atomic E-state index is 5.58. The molecule has 0 radical (unpaired) electrons. The van der Waals surface area contributed by atoms with E-state index in [1.807, 2.05) is 18.7 Å². The molecule has 1 spiro atoms. The molecule has 4 heteroatoms. The molecule has 1 aliphatic carbocycles. The second-order valence-corrected chi connectivity index (χ2v) is 14.7. The largest absolute Gasteiger partial charge is 0.258 e. The lowest BCUT2D eigenvalue weighted by Crippen LogP contribution is -2.32. The van der Waals surface area contributed by atoms with Gasteiger partial charge in [-0.05, 0) is 95.8 Å². The fourth-order valence-corrected chi connectivity index (χ4v) is 9.56. The molecule has 1 aromatic heterocycles. The predicted molar refractivity (Wildman–Crippen MR) is 202 cm³/mol. The molecule has 0 bridgehead atoms. The van der Waals surface area contributed by atoms with Crippen molar-refractivity contribution < 1.29 is 0 Å². The third-order valence-corrected chi connectivity index (χ3v) is 11.8. The number of nitrogens with zero attached hydrogens (tertiary/aromatic N) is 3. The van der Waals surface area contributed by atoms with E-state index >= 15 is 0 Å². The fourth-order valence-electron chi connectivity index (χ4n) is 8.37. The van der Waals surface area contributed by atoms with E-state index in [1.54, 1.807) is 0 Å². The van der Waals surface area contributed by atoms with Crippen molar-refractivity contribution in [3.05, 3.63) is 184 Å². The number of benzene rings is 5. The Morgan fingerprint density at radius 1 is 0.633 bits per heavy atom. The lowest BCUT2D eigenvalue weighted by molar-refractivity contribution is 0.446. The second kappa shape index (κ2) is 11.8. The standard InChI is InChI=1S/C45H37N3S/c1-28-21-26-40(33-24-22-29(2)46-30(33)3)47-44(31-13-5-4-6-14-31)48-43(28)32-23-25-35-34-15-7-8-16-36(34)45(39(35)27-32)37-17-9-11-19-41(37)49-42-20-12-10-18-38(42)45/h4-20,22-25,27-28,43H,21,26H2,1-3H3. The topological polar surface area (TPSA) is 37.6 Å². The smallest absolute Gasteiger partial charge is 0.155 e. The summed E-state index contributed by atoms with van der Waals surface area (Å²) in [5.41, 5.74) is 14.1. The lowest BCUT2D eigenvalue weighted by atomic mass is 9.67. The third kappa shape index (κ3) is 4.76. The van der Waals surface area contributed by atoms with Crippen LogP contribution in [0.25, 0.3) is 11.1 Å². The number of aliphatic imine (C=N–C) groups is 2. The first-order valence-electron chi connectivity index (χ1n) is 17.3. The van der Waals surface area contributed by atoms with E-state index in [0.29, 0.717) is 5.92 Å². The number of rotatable bonds is 3. The van der Waals surface area contributed by atoms with Crippen LogP contribution in [0, 0.1) is 19.8 Å². The average Bonchev–Trinajstić information content (AvgIpc) is 3.41. The minimum atomic E-state index is -0.404. The molecule has 238 valence electrons. The molecule has 3 heterocycles. The van der Waals surface area contributed by atoms with Gasteiger partial charge in [0.1, 0.15) is 0 Å². The van der Waals surface area contributed by atoms with E-state index in [1.165, 1.54) is 48.7 Å². The highest BCUT2D eigenvalue weighted by molar-refractivity contribution is 7.99. The maximum Gasteiger partial charge on any atom is 0.155 e. The number of fused-ring (bicyclic) bond motifs is 9. The van der Waals surface area contributed by atoms with E-state index in [9.17, 15) is 0 Å². The zero-order chi connectivity index (χ0) is 33.1. The number of hydrogen-bond acceptors (Lipinski definition) is 4. The first kappa shape index (κ1) is 30.0. The normalized spacial score (nSPS) is 18.7. The second-order valence-electron chi connectivity index (χ2n) is 13.6. The molecule has 9 rings (SSSR count). The first-order chi connectivity index (χ1) is 24.0. The average molecular weight is 652 g/mol. The summed E-state index contributed by atoms with van der Waals surface area (Å²) in [6, 6.07) is 48.9. The Hall–Kier alpha value is -5.06. The van der Waals surface area contributed by atoms with Crippen LogP contribution in [0.2, 0.25) is 0 Å². The molecule has 3 nitrogen and oxygen atoms in total. The van der Waals surface area contributed by atoms with Gasteiger partial charge in [0.05, 0.1) is 17.2 Å². The summed E-state index contributed by atoms with van der Waals surface area (Å²) in [4.78, 5) is 18.4. The SMILES string of the molecule is Cc1ccc(C2=NC(c3ccccc3)=NC(c3ccc4c(c3)C3(c5ccccc5Sc5ccccc53)c3ccccc3-4)C(C)CC2)c(C)n1. The van der Waals surface area contributed by atoms with Crippen LogP contribution >= 0.6 is 11.8 Å². The highest BCUT2D eigenvalue weighted by Gasteiger charge is 2.50. The Bertz CT molecular complexity index is 2270. The lowest BCUT2D eigenvalue weighted by Gasteiger charge is -2.40. The molecule has 0 fully saturated rings. The summed E-state index contributed by atoms with van der Waals surface area (Å²) < 4.78 is 0. The zero-order valence-corrected chi connectivity index (χ0v) is 28.8. The molecule has 0 saturated heterocycles. The van der Waals surface area contributed by atoms with Crippen molar-refractivity contribution in [3.8, 4) is 11.1 Å². The molecular weight excluding hydrogens is 615 g/mol. The summed E-state index contributed by atoms with van der Waals surface area (Å²) in [6.45, 7) is 6.50. The fraction of sp³-hybridized carbons (Fsp3) is 0.178. The third-order valence-electron chi connectivity index (χ3n) is 10.7. The molecule has 49 heavy (non-hydrogen) atoms. The van der Waals surface area contributed by atoms with Gasteiger partial charge < -0.3 is 0 Å². The highest BCUT2D eigenvalue weighted by atomic mass is 32.2. The maximum atomic E-state index is 5.58. The quantitative estimate of drug-likeness (QED) is 0.191. The van der Waals surface area contributed by atoms with Gasteiger partial charge in [0.15, 0.2) is 5.84 Å². The van der Waals surface area contributed by atoms with Gasteiger partial charge in [-0.25, -0.2) is 4.99 Å². The van der Waals surface area contributed by atoms with Crippen molar-refractivity contribution >= 4 is 23.3 Å². The van der Waals surface area contributed by atoms with Crippen molar-refractivity contribution in [1.82, 2.24) is 4.98 Å². The van der Waals surface area contributed by atoms with Crippen molar-refractivity contribution in [1.29, 1.82) is 0 Å². The summed E-state index contributed by atoms with van der Waals surface area (Å²) in [5, 5.41) is 0. The number of aryl methyl sites for hydroxylation is 2. The summed E-state index contributed by atoms with van der Waals surface area (Å²) in [5.74, 6) is 1.08. The zero-order valence-electron chi connectivity index (χ0n) is 28.0. The van der Waals surface area contributed by atoms with Crippen LogP contribution in [0.3, 0.4) is 0 Å². The molecule has 6 aromatic rings. The number of hydrogen-bond donors (Lipinski definition) is 0. The van der Waals surface area contributed by atoms with E-state index in [-0.39, 0.29) is 6.04 Å². The summed E-state index contributed by atoms with van der Waals surface area (Å²) >= 11 is 1.89. The minimum absolute atomic E-state index is 0.0488. The summed E-state index contributed by atoms with van der Waals surface area (Å²) in [7, 11) is 0. The number of pyridine rings is 1. The Labute approximate surface area is 292 Å². The predicted octanol–water partition coefficient (Wildman–Crippen LogP) is 10.9. The highest BCUT2D eigenvalue weighted by Crippen LogP contribution is 2.62. The van der Waals surface area contributed by atoms with Gasteiger partial charge in [0, 0.05) is 32.3 Å². The molecule has 5 aromatic carbocycles. The van der Waals surface area contributed by atoms with E-state index in [4.69, 9.17) is 15.0 Å². The van der Waals surface area contributed by atoms with Crippen molar-refractivity contribution in [2.75, 3.05) is 0 Å². The van der Waals surface area contributed by atoms with Crippen molar-refractivity contribution in [2.24, 2.45) is 15.9 Å². The van der Waals surface area contributed by atoms with Crippen LogP contribution in [0.1, 0.15) is 76.1 Å².